The van der Waals surface area contributed by atoms with Crippen molar-refractivity contribution in [2.24, 2.45) is 0 Å². The lowest BCUT2D eigenvalue weighted by molar-refractivity contribution is 0.111. The van der Waals surface area contributed by atoms with Crippen LogP contribution in [0.4, 0.5) is 12.9 Å². The average Bonchev–Trinajstić information content (AvgIpc) is 2.14. The van der Waals surface area contributed by atoms with E-state index in [-0.39, 0.29) is 11.7 Å². The van der Waals surface area contributed by atoms with E-state index in [1.807, 2.05) is 0 Å². The van der Waals surface area contributed by atoms with Gasteiger partial charge in [0.1, 0.15) is 5.69 Å². The third-order valence-electron chi connectivity index (χ3n) is 1.43. The lowest BCUT2D eigenvalue weighted by Crippen LogP contribution is -2.09. The summed E-state index contributed by atoms with van der Waals surface area (Å²) in [5.41, 5.74) is 0.420. The zero-order chi connectivity index (χ0) is 10.6. The van der Waals surface area contributed by atoms with Gasteiger partial charge in [0.05, 0.1) is 0 Å². The van der Waals surface area contributed by atoms with Crippen LogP contribution in [0.15, 0.2) is 24.3 Å². The number of hydrogen-bond donors (Lipinski definition) is 0. The molecule has 2 nitrogen and oxygen atoms in total. The minimum absolute atomic E-state index is 0.113. The normalized spacial score (nSPS) is 11.9. The van der Waals surface area contributed by atoms with Crippen molar-refractivity contribution in [3.63, 3.8) is 0 Å². The topological polar surface area (TPSA) is 30.0 Å². The maximum absolute atomic E-state index is 11.8. The molecule has 0 radical (unpaired) electrons. The summed E-state index contributed by atoms with van der Waals surface area (Å²) in [6.45, 7) is -4.93. The van der Waals surface area contributed by atoms with E-state index in [1.54, 1.807) is 0 Å². The quantitative estimate of drug-likeness (QED) is 0.553. The van der Waals surface area contributed by atoms with Gasteiger partial charge in [-0.2, -0.15) is 0 Å². The Hall–Kier alpha value is -1.59. The first-order valence-corrected chi connectivity index (χ1v) is 3.82. The molecule has 74 valence electrons. The van der Waals surface area contributed by atoms with Gasteiger partial charge in [-0.25, -0.2) is 0 Å². The van der Waals surface area contributed by atoms with Gasteiger partial charge < -0.3 is 12.9 Å². The Morgan fingerprint density at radius 3 is 2.64 bits per heavy atom. The molecule has 0 aliphatic rings. The Morgan fingerprint density at radius 1 is 1.36 bits per heavy atom. The zero-order valence-corrected chi connectivity index (χ0v) is 7.03. The fraction of sp³-hybridized carbons (Fsp3) is 0. The second-order valence-electron chi connectivity index (χ2n) is 2.62. The Bertz CT molecular complexity index is 362. The molecule has 0 spiro atoms. The molecule has 0 atom stereocenters. The molecule has 0 bridgehead atoms. The van der Waals surface area contributed by atoms with Crippen molar-refractivity contribution in [3.8, 4) is 0 Å². The maximum Gasteiger partial charge on any atom is 0.502 e. The molecule has 0 aliphatic carbocycles. The van der Waals surface area contributed by atoms with Crippen molar-refractivity contribution in [2.45, 2.75) is 0 Å². The van der Waals surface area contributed by atoms with E-state index in [1.165, 1.54) is 18.3 Å². The highest BCUT2D eigenvalue weighted by atomic mass is 19.4. The summed E-state index contributed by atoms with van der Waals surface area (Å²) in [7, 11) is 0. The fourth-order valence-corrected chi connectivity index (χ4v) is 0.854. The minimum atomic E-state index is -4.93. The van der Waals surface area contributed by atoms with Crippen molar-refractivity contribution in [3.05, 3.63) is 35.6 Å². The first kappa shape index (κ1) is 10.5. The number of rotatable bonds is 3. The molecule has 6 heteroatoms. The Labute approximate surface area is 78.5 Å². The van der Waals surface area contributed by atoms with Crippen molar-refractivity contribution in [2.75, 3.05) is 0 Å². The summed E-state index contributed by atoms with van der Waals surface area (Å²) < 4.78 is 35.4. The van der Waals surface area contributed by atoms with Crippen LogP contribution < -0.4 is 0 Å². The molecular formula is C8H6BF3NO-. The van der Waals surface area contributed by atoms with Crippen molar-refractivity contribution >= 4 is 19.3 Å². The highest BCUT2D eigenvalue weighted by molar-refractivity contribution is 6.64. The van der Waals surface area contributed by atoms with E-state index in [9.17, 15) is 17.7 Å². The summed E-state index contributed by atoms with van der Waals surface area (Å²) in [5, 5.41) is 0. The number of aromatic nitrogens is 1. The lowest BCUT2D eigenvalue weighted by Gasteiger charge is -2.05. The molecular weight excluding hydrogens is 194 g/mol. The average molecular weight is 200 g/mol. The van der Waals surface area contributed by atoms with Gasteiger partial charge in [-0.3, -0.25) is 9.78 Å². The molecule has 0 aromatic carbocycles. The van der Waals surface area contributed by atoms with Gasteiger partial charge in [0.2, 0.25) is 0 Å². The first-order chi connectivity index (χ1) is 6.51. The van der Waals surface area contributed by atoms with Crippen LogP contribution >= 0.6 is 0 Å². The highest BCUT2D eigenvalue weighted by Crippen LogP contribution is 2.12. The van der Waals surface area contributed by atoms with Gasteiger partial charge in [0, 0.05) is 6.20 Å². The second-order valence-corrected chi connectivity index (χ2v) is 2.62. The fourth-order valence-electron chi connectivity index (χ4n) is 0.854. The van der Waals surface area contributed by atoms with Crippen molar-refractivity contribution in [1.29, 1.82) is 0 Å². The van der Waals surface area contributed by atoms with Gasteiger partial charge in [0.15, 0.2) is 6.29 Å². The summed E-state index contributed by atoms with van der Waals surface area (Å²) in [5.74, 6) is 0.171. The number of carbonyl (C=O) groups is 1. The van der Waals surface area contributed by atoms with E-state index < -0.39 is 6.98 Å². The number of halogens is 3. The third-order valence-corrected chi connectivity index (χ3v) is 1.43. The van der Waals surface area contributed by atoms with Gasteiger partial charge in [0.25, 0.3) is 0 Å². The predicted octanol–water partition coefficient (Wildman–Crippen LogP) is 2.29. The molecule has 1 aromatic rings. The van der Waals surface area contributed by atoms with E-state index in [0.29, 0.717) is 11.8 Å². The lowest BCUT2D eigenvalue weighted by atomic mass is 9.91. The molecule has 14 heavy (non-hydrogen) atoms. The van der Waals surface area contributed by atoms with E-state index in [0.717, 1.165) is 6.08 Å². The molecule has 1 rings (SSSR count). The molecule has 0 saturated heterocycles. The van der Waals surface area contributed by atoms with Crippen molar-refractivity contribution < 1.29 is 17.7 Å². The summed E-state index contributed by atoms with van der Waals surface area (Å²) >= 11 is 0. The Morgan fingerprint density at radius 2 is 2.07 bits per heavy atom. The molecule has 0 aliphatic heterocycles. The van der Waals surface area contributed by atoms with Crippen LogP contribution in [0.2, 0.25) is 0 Å². The summed E-state index contributed by atoms with van der Waals surface area (Å²) in [4.78, 5) is 13.9. The van der Waals surface area contributed by atoms with Crippen LogP contribution in [0.25, 0.3) is 6.08 Å². The zero-order valence-electron chi connectivity index (χ0n) is 7.03. The van der Waals surface area contributed by atoms with Crippen LogP contribution in [-0.2, 0) is 0 Å². The van der Waals surface area contributed by atoms with Gasteiger partial charge in [-0.05, 0) is 17.7 Å². The molecule has 0 amide bonds. The maximum atomic E-state index is 11.8. The van der Waals surface area contributed by atoms with E-state index in [4.69, 9.17) is 0 Å². The van der Waals surface area contributed by atoms with Gasteiger partial charge in [-0.15, -0.1) is 5.98 Å². The van der Waals surface area contributed by atoms with Crippen LogP contribution in [0, 0.1) is 0 Å². The van der Waals surface area contributed by atoms with Crippen LogP contribution in [0.3, 0.4) is 0 Å². The monoisotopic (exact) mass is 200 g/mol. The second kappa shape index (κ2) is 4.08. The van der Waals surface area contributed by atoms with Crippen LogP contribution in [0.1, 0.15) is 16.1 Å². The summed E-state index contributed by atoms with van der Waals surface area (Å²) in [6, 6.07) is 2.68. The van der Waals surface area contributed by atoms with E-state index >= 15 is 0 Å². The standard InChI is InChI=1S/C8H6BF3NO/c10-9(11,12)3-1-7-2-4-13-8(5-7)6-14/h1-6H/q-1/b3-1+. The predicted molar refractivity (Wildman–Crippen MR) is 47.7 cm³/mol. The molecule has 0 saturated carbocycles. The van der Waals surface area contributed by atoms with Crippen LogP contribution in [0.5, 0.6) is 0 Å². The number of aldehydes is 1. The Kier molecular flexibility index (Phi) is 3.06. The molecule has 1 aromatic heterocycles. The number of hydrogen-bond acceptors (Lipinski definition) is 2. The number of nitrogens with zero attached hydrogens (tertiary/aromatic N) is 1. The highest BCUT2D eigenvalue weighted by Gasteiger charge is 2.16. The molecule has 0 N–H and O–H groups in total. The third kappa shape index (κ3) is 3.43. The smallest absolute Gasteiger partial charge is 0.445 e. The molecule has 0 fully saturated rings. The Balaban J connectivity index is 2.87. The number of pyridine rings is 1. The minimum Gasteiger partial charge on any atom is -0.445 e. The number of carbonyl (C=O) groups excluding carboxylic acids is 1. The molecule has 0 unspecified atom stereocenters. The van der Waals surface area contributed by atoms with Gasteiger partial charge >= 0.3 is 6.98 Å². The molecule has 1 heterocycles. The SMILES string of the molecule is O=Cc1cc(/C=C/[B-](F)(F)F)ccn1. The summed E-state index contributed by atoms with van der Waals surface area (Å²) in [6.07, 6.45) is 2.68. The van der Waals surface area contributed by atoms with Crippen LogP contribution in [-0.4, -0.2) is 18.2 Å². The van der Waals surface area contributed by atoms with Crippen molar-refractivity contribution in [1.82, 2.24) is 4.98 Å². The van der Waals surface area contributed by atoms with E-state index in [2.05, 4.69) is 4.98 Å². The first-order valence-electron chi connectivity index (χ1n) is 3.82. The van der Waals surface area contributed by atoms with Gasteiger partial charge in [-0.1, -0.05) is 6.08 Å². The largest absolute Gasteiger partial charge is 0.502 e.